The summed E-state index contributed by atoms with van der Waals surface area (Å²) in [5.41, 5.74) is 3.34. The van der Waals surface area contributed by atoms with Crippen LogP contribution in [0.5, 0.6) is 0 Å². The Hall–Kier alpha value is -1.65. The Morgan fingerprint density at radius 2 is 2.10 bits per heavy atom. The monoisotopic (exact) mass is 286 g/mol. The normalized spacial score (nSPS) is 11.3. The van der Waals surface area contributed by atoms with E-state index in [-0.39, 0.29) is 0 Å². The minimum Gasteiger partial charge on any atom is -0.461 e. The number of nitrogens with one attached hydrogen (secondary N) is 1. The van der Waals surface area contributed by atoms with Crippen LogP contribution < -0.4 is 5.32 Å². The van der Waals surface area contributed by atoms with Gasteiger partial charge in [0.05, 0.1) is 5.01 Å². The number of para-hydroxylation sites is 1. The molecule has 0 amide bonds. The Morgan fingerprint density at radius 3 is 2.90 bits per heavy atom. The third kappa shape index (κ3) is 2.76. The third-order valence-corrected chi connectivity index (χ3v) is 4.41. The first-order chi connectivity index (χ1) is 9.74. The number of fused-ring (bicyclic) bond motifs is 1. The van der Waals surface area contributed by atoms with Crippen molar-refractivity contribution < 1.29 is 4.42 Å². The summed E-state index contributed by atoms with van der Waals surface area (Å²) in [7, 11) is 0. The first-order valence-corrected chi connectivity index (χ1v) is 7.71. The molecular weight excluding hydrogens is 268 g/mol. The number of hydrogen-bond donors (Lipinski definition) is 1. The van der Waals surface area contributed by atoms with E-state index in [9.17, 15) is 0 Å². The van der Waals surface area contributed by atoms with Crippen molar-refractivity contribution in [3.63, 3.8) is 0 Å². The lowest BCUT2D eigenvalue weighted by Gasteiger charge is -2.03. The van der Waals surface area contributed by atoms with Gasteiger partial charge in [0.15, 0.2) is 0 Å². The van der Waals surface area contributed by atoms with Crippen molar-refractivity contribution in [3.05, 3.63) is 51.7 Å². The second-order valence-corrected chi connectivity index (χ2v) is 5.89. The summed E-state index contributed by atoms with van der Waals surface area (Å²) in [4.78, 5) is 4.47. The first kappa shape index (κ1) is 13.3. The molecule has 1 aromatic carbocycles. The van der Waals surface area contributed by atoms with E-state index in [4.69, 9.17) is 4.42 Å². The fourth-order valence-corrected chi connectivity index (χ4v) is 3.14. The van der Waals surface area contributed by atoms with Gasteiger partial charge in [0.1, 0.15) is 11.3 Å². The standard InChI is InChI=1S/C16H18N2OS/c1-11-10-20-16(18-11)7-8-17-9-14-12(2)19-15-6-4-3-5-13(14)15/h3-6,10,17H,7-9H2,1-2H3. The Morgan fingerprint density at radius 1 is 1.25 bits per heavy atom. The number of aromatic nitrogens is 1. The van der Waals surface area contributed by atoms with E-state index in [1.807, 2.05) is 26.0 Å². The molecule has 0 spiro atoms. The van der Waals surface area contributed by atoms with Gasteiger partial charge in [-0.25, -0.2) is 4.98 Å². The summed E-state index contributed by atoms with van der Waals surface area (Å²) in [6.45, 7) is 5.84. The molecule has 3 nitrogen and oxygen atoms in total. The molecule has 0 bridgehead atoms. The topological polar surface area (TPSA) is 38.1 Å². The average Bonchev–Trinajstić information content (AvgIpc) is 2.98. The van der Waals surface area contributed by atoms with Gasteiger partial charge < -0.3 is 9.73 Å². The summed E-state index contributed by atoms with van der Waals surface area (Å²) < 4.78 is 5.77. The molecule has 0 saturated carbocycles. The molecular formula is C16H18N2OS. The van der Waals surface area contributed by atoms with Gasteiger partial charge in [-0.05, 0) is 19.9 Å². The Balaban J connectivity index is 1.61. The summed E-state index contributed by atoms with van der Waals surface area (Å²) in [6, 6.07) is 8.20. The molecule has 20 heavy (non-hydrogen) atoms. The lowest BCUT2D eigenvalue weighted by Crippen LogP contribution is -2.16. The Bertz CT molecular complexity index is 714. The molecule has 0 aliphatic carbocycles. The Kier molecular flexibility index (Phi) is 3.85. The van der Waals surface area contributed by atoms with E-state index in [1.165, 1.54) is 16.0 Å². The van der Waals surface area contributed by atoms with Crippen LogP contribution in [-0.2, 0) is 13.0 Å². The maximum Gasteiger partial charge on any atom is 0.134 e. The lowest BCUT2D eigenvalue weighted by atomic mass is 10.1. The zero-order valence-electron chi connectivity index (χ0n) is 11.8. The highest BCUT2D eigenvalue weighted by molar-refractivity contribution is 7.09. The maximum absolute atomic E-state index is 5.77. The second-order valence-electron chi connectivity index (χ2n) is 4.94. The predicted molar refractivity (Wildman–Crippen MR) is 83.2 cm³/mol. The van der Waals surface area contributed by atoms with Gasteiger partial charge in [-0.2, -0.15) is 0 Å². The van der Waals surface area contributed by atoms with Gasteiger partial charge in [-0.15, -0.1) is 11.3 Å². The number of rotatable bonds is 5. The van der Waals surface area contributed by atoms with Crippen LogP contribution >= 0.6 is 11.3 Å². The molecule has 3 aromatic rings. The SMILES string of the molecule is Cc1csc(CCNCc2c(C)oc3ccccc23)n1. The zero-order chi connectivity index (χ0) is 13.9. The van der Waals surface area contributed by atoms with Crippen molar-refractivity contribution >= 4 is 22.3 Å². The van der Waals surface area contributed by atoms with Crippen molar-refractivity contribution in [1.82, 2.24) is 10.3 Å². The molecule has 104 valence electrons. The van der Waals surface area contributed by atoms with Gasteiger partial charge in [0.25, 0.3) is 0 Å². The predicted octanol–water partition coefficient (Wildman–Crippen LogP) is 3.84. The first-order valence-electron chi connectivity index (χ1n) is 6.83. The fraction of sp³-hybridized carbons (Fsp3) is 0.312. The van der Waals surface area contributed by atoms with Crippen LogP contribution in [0.1, 0.15) is 22.0 Å². The van der Waals surface area contributed by atoms with Gasteiger partial charge in [-0.3, -0.25) is 0 Å². The summed E-state index contributed by atoms with van der Waals surface area (Å²) in [5.74, 6) is 1.00. The molecule has 4 heteroatoms. The van der Waals surface area contributed by atoms with Crippen LogP contribution in [0.3, 0.4) is 0 Å². The smallest absolute Gasteiger partial charge is 0.134 e. The molecule has 0 atom stereocenters. The van der Waals surface area contributed by atoms with Crippen molar-refractivity contribution in [2.45, 2.75) is 26.8 Å². The highest BCUT2D eigenvalue weighted by atomic mass is 32.1. The number of benzene rings is 1. The average molecular weight is 286 g/mol. The minimum absolute atomic E-state index is 0.840. The van der Waals surface area contributed by atoms with E-state index in [2.05, 4.69) is 27.8 Å². The number of thiazole rings is 1. The van der Waals surface area contributed by atoms with Crippen LogP contribution in [0, 0.1) is 13.8 Å². The number of nitrogens with zero attached hydrogens (tertiary/aromatic N) is 1. The van der Waals surface area contributed by atoms with E-state index in [0.717, 1.165) is 36.5 Å². The van der Waals surface area contributed by atoms with E-state index in [1.54, 1.807) is 11.3 Å². The molecule has 0 aliphatic heterocycles. The highest BCUT2D eigenvalue weighted by Gasteiger charge is 2.09. The molecule has 0 saturated heterocycles. The maximum atomic E-state index is 5.77. The van der Waals surface area contributed by atoms with Crippen molar-refractivity contribution in [2.24, 2.45) is 0 Å². The highest BCUT2D eigenvalue weighted by Crippen LogP contribution is 2.24. The molecule has 1 N–H and O–H groups in total. The van der Waals surface area contributed by atoms with Crippen LogP contribution in [0.15, 0.2) is 34.1 Å². The molecule has 2 aromatic heterocycles. The minimum atomic E-state index is 0.840. The van der Waals surface area contributed by atoms with Crippen LogP contribution in [-0.4, -0.2) is 11.5 Å². The van der Waals surface area contributed by atoms with Gasteiger partial charge in [0, 0.05) is 41.5 Å². The summed E-state index contributed by atoms with van der Waals surface area (Å²) in [5, 5.41) is 7.99. The quantitative estimate of drug-likeness (QED) is 0.724. The van der Waals surface area contributed by atoms with Crippen LogP contribution in [0.4, 0.5) is 0 Å². The van der Waals surface area contributed by atoms with Gasteiger partial charge >= 0.3 is 0 Å². The Labute approximate surface area is 122 Å². The largest absolute Gasteiger partial charge is 0.461 e. The van der Waals surface area contributed by atoms with Gasteiger partial charge in [0.2, 0.25) is 0 Å². The molecule has 0 fully saturated rings. The molecule has 0 aliphatic rings. The number of aryl methyl sites for hydroxylation is 2. The molecule has 0 unspecified atom stereocenters. The van der Waals surface area contributed by atoms with Crippen molar-refractivity contribution in [1.29, 1.82) is 0 Å². The zero-order valence-corrected chi connectivity index (χ0v) is 12.6. The fourth-order valence-electron chi connectivity index (χ4n) is 2.37. The molecule has 2 heterocycles. The van der Waals surface area contributed by atoms with E-state index >= 15 is 0 Å². The van der Waals surface area contributed by atoms with E-state index in [0.29, 0.717) is 0 Å². The number of furan rings is 1. The van der Waals surface area contributed by atoms with Crippen molar-refractivity contribution in [2.75, 3.05) is 6.54 Å². The molecule has 3 rings (SSSR count). The van der Waals surface area contributed by atoms with Gasteiger partial charge in [-0.1, -0.05) is 18.2 Å². The van der Waals surface area contributed by atoms with Crippen LogP contribution in [0.25, 0.3) is 11.0 Å². The summed E-state index contributed by atoms with van der Waals surface area (Å²) in [6.07, 6.45) is 0.980. The summed E-state index contributed by atoms with van der Waals surface area (Å²) >= 11 is 1.73. The lowest BCUT2D eigenvalue weighted by molar-refractivity contribution is 0.565. The van der Waals surface area contributed by atoms with Crippen LogP contribution in [0.2, 0.25) is 0 Å². The second kappa shape index (κ2) is 5.77. The van der Waals surface area contributed by atoms with Crippen molar-refractivity contribution in [3.8, 4) is 0 Å². The number of hydrogen-bond acceptors (Lipinski definition) is 4. The third-order valence-electron chi connectivity index (χ3n) is 3.38. The van der Waals surface area contributed by atoms with E-state index < -0.39 is 0 Å². The molecule has 0 radical (unpaired) electrons.